The molecule has 0 N–H and O–H groups in total. The van der Waals surface area contributed by atoms with Crippen molar-refractivity contribution in [3.05, 3.63) is 69.3 Å². The Morgan fingerprint density at radius 3 is 2.35 bits per heavy atom. The SMILES string of the molecule is C#Cc1ccc(-c2c(C)c(C)nn2-c2ccc(Cl)cc2Cl)cc1. The van der Waals surface area contributed by atoms with Crippen LogP contribution in [0, 0.1) is 26.2 Å². The van der Waals surface area contributed by atoms with Crippen LogP contribution in [0.3, 0.4) is 0 Å². The van der Waals surface area contributed by atoms with E-state index in [4.69, 9.17) is 29.6 Å². The first-order valence-electron chi connectivity index (χ1n) is 7.10. The van der Waals surface area contributed by atoms with Crippen LogP contribution in [0.4, 0.5) is 0 Å². The highest BCUT2D eigenvalue weighted by Crippen LogP contribution is 2.32. The molecule has 0 unspecified atom stereocenters. The van der Waals surface area contributed by atoms with Gasteiger partial charge in [-0.1, -0.05) is 41.3 Å². The largest absolute Gasteiger partial charge is 0.231 e. The number of terminal acetylenes is 1. The number of aromatic nitrogens is 2. The Labute approximate surface area is 145 Å². The molecule has 0 bridgehead atoms. The van der Waals surface area contributed by atoms with Crippen molar-refractivity contribution in [2.45, 2.75) is 13.8 Å². The highest BCUT2D eigenvalue weighted by Gasteiger charge is 2.17. The topological polar surface area (TPSA) is 17.8 Å². The third-order valence-electron chi connectivity index (χ3n) is 3.82. The summed E-state index contributed by atoms with van der Waals surface area (Å²) in [4.78, 5) is 0. The van der Waals surface area contributed by atoms with Crippen molar-refractivity contribution in [2.24, 2.45) is 0 Å². The minimum Gasteiger partial charge on any atom is -0.231 e. The Kier molecular flexibility index (Phi) is 4.17. The van der Waals surface area contributed by atoms with Crippen molar-refractivity contribution < 1.29 is 0 Å². The predicted octanol–water partition coefficient (Wildman–Crippen LogP) is 5.44. The molecule has 2 nitrogen and oxygen atoms in total. The number of nitrogens with zero attached hydrogens (tertiary/aromatic N) is 2. The summed E-state index contributed by atoms with van der Waals surface area (Å²) in [5.74, 6) is 2.63. The van der Waals surface area contributed by atoms with Gasteiger partial charge < -0.3 is 0 Å². The quantitative estimate of drug-likeness (QED) is 0.567. The molecule has 2 aromatic carbocycles. The number of hydrogen-bond donors (Lipinski definition) is 0. The first kappa shape index (κ1) is 15.7. The van der Waals surface area contributed by atoms with Crippen molar-refractivity contribution in [1.29, 1.82) is 0 Å². The molecule has 1 heterocycles. The molecule has 0 amide bonds. The molecule has 4 heteroatoms. The summed E-state index contributed by atoms with van der Waals surface area (Å²) >= 11 is 12.4. The van der Waals surface area contributed by atoms with Crippen LogP contribution in [0.25, 0.3) is 16.9 Å². The summed E-state index contributed by atoms with van der Waals surface area (Å²) in [6.45, 7) is 4.03. The Morgan fingerprint density at radius 1 is 1.04 bits per heavy atom. The Bertz CT molecular complexity index is 916. The minimum atomic E-state index is 0.557. The van der Waals surface area contributed by atoms with E-state index in [0.29, 0.717) is 10.0 Å². The molecule has 0 saturated heterocycles. The van der Waals surface area contributed by atoms with E-state index in [9.17, 15) is 0 Å². The molecule has 114 valence electrons. The van der Waals surface area contributed by atoms with E-state index in [0.717, 1.165) is 33.8 Å². The van der Waals surface area contributed by atoms with Gasteiger partial charge in [-0.2, -0.15) is 5.10 Å². The van der Waals surface area contributed by atoms with Crippen LogP contribution in [0.2, 0.25) is 10.0 Å². The van der Waals surface area contributed by atoms with Gasteiger partial charge in [0.05, 0.1) is 22.1 Å². The standard InChI is InChI=1S/C19H14Cl2N2/c1-4-14-5-7-15(8-6-14)19-12(2)13(3)22-23(19)18-10-9-16(20)11-17(18)21/h1,5-11H,2-3H3. The van der Waals surface area contributed by atoms with E-state index >= 15 is 0 Å². The lowest BCUT2D eigenvalue weighted by Crippen LogP contribution is -2.00. The molecule has 0 saturated carbocycles. The minimum absolute atomic E-state index is 0.557. The molecule has 0 aliphatic rings. The molecule has 3 rings (SSSR count). The molecular weight excluding hydrogens is 327 g/mol. The summed E-state index contributed by atoms with van der Waals surface area (Å²) in [7, 11) is 0. The van der Waals surface area contributed by atoms with Crippen LogP contribution >= 0.6 is 23.2 Å². The van der Waals surface area contributed by atoms with E-state index < -0.39 is 0 Å². The molecule has 0 radical (unpaired) electrons. The maximum Gasteiger partial charge on any atom is 0.0840 e. The second kappa shape index (κ2) is 6.12. The number of halogens is 2. The Hall–Kier alpha value is -2.21. The Morgan fingerprint density at radius 2 is 1.74 bits per heavy atom. The van der Waals surface area contributed by atoms with E-state index in [1.165, 1.54) is 0 Å². The predicted molar refractivity (Wildman–Crippen MR) is 96.4 cm³/mol. The highest BCUT2D eigenvalue weighted by molar-refractivity contribution is 6.35. The van der Waals surface area contributed by atoms with E-state index in [1.54, 1.807) is 12.1 Å². The smallest absolute Gasteiger partial charge is 0.0840 e. The van der Waals surface area contributed by atoms with Crippen LogP contribution in [0.15, 0.2) is 42.5 Å². The summed E-state index contributed by atoms with van der Waals surface area (Å²) in [6.07, 6.45) is 5.43. The van der Waals surface area contributed by atoms with Gasteiger partial charge in [0.2, 0.25) is 0 Å². The number of hydrogen-bond acceptors (Lipinski definition) is 1. The van der Waals surface area contributed by atoms with Crippen molar-refractivity contribution >= 4 is 23.2 Å². The molecule has 1 aromatic heterocycles. The highest BCUT2D eigenvalue weighted by atomic mass is 35.5. The maximum atomic E-state index is 6.36. The normalized spacial score (nSPS) is 10.6. The van der Waals surface area contributed by atoms with Crippen LogP contribution in [0.1, 0.15) is 16.8 Å². The fourth-order valence-corrected chi connectivity index (χ4v) is 2.98. The van der Waals surface area contributed by atoms with Crippen molar-refractivity contribution in [2.75, 3.05) is 0 Å². The molecule has 0 aliphatic carbocycles. The second-order valence-electron chi connectivity index (χ2n) is 5.29. The van der Waals surface area contributed by atoms with Crippen molar-refractivity contribution in [1.82, 2.24) is 9.78 Å². The average molecular weight is 341 g/mol. The lowest BCUT2D eigenvalue weighted by atomic mass is 10.0. The third-order valence-corrected chi connectivity index (χ3v) is 4.36. The van der Waals surface area contributed by atoms with E-state index in [-0.39, 0.29) is 0 Å². The van der Waals surface area contributed by atoms with Crippen LogP contribution in [-0.4, -0.2) is 9.78 Å². The van der Waals surface area contributed by atoms with E-state index in [1.807, 2.05) is 48.9 Å². The first-order chi connectivity index (χ1) is 11.0. The van der Waals surface area contributed by atoms with Gasteiger partial charge >= 0.3 is 0 Å². The van der Waals surface area contributed by atoms with Crippen molar-refractivity contribution in [3.8, 4) is 29.3 Å². The first-order valence-corrected chi connectivity index (χ1v) is 7.85. The zero-order chi connectivity index (χ0) is 16.6. The number of aryl methyl sites for hydroxylation is 1. The average Bonchev–Trinajstić information content (AvgIpc) is 2.83. The lowest BCUT2D eigenvalue weighted by molar-refractivity contribution is 0.869. The van der Waals surface area contributed by atoms with Crippen LogP contribution in [0.5, 0.6) is 0 Å². The number of rotatable bonds is 2. The molecular formula is C19H14Cl2N2. The van der Waals surface area contributed by atoms with Gasteiger partial charge in [-0.3, -0.25) is 0 Å². The summed E-state index contributed by atoms with van der Waals surface area (Å²) < 4.78 is 1.86. The second-order valence-corrected chi connectivity index (χ2v) is 6.13. The van der Waals surface area contributed by atoms with Gasteiger partial charge in [-0.25, -0.2) is 4.68 Å². The summed E-state index contributed by atoms with van der Waals surface area (Å²) in [5.41, 5.74) is 5.72. The molecule has 23 heavy (non-hydrogen) atoms. The fraction of sp³-hybridized carbons (Fsp3) is 0.105. The zero-order valence-electron chi connectivity index (χ0n) is 12.8. The van der Waals surface area contributed by atoms with Gasteiger partial charge in [0.15, 0.2) is 0 Å². The third kappa shape index (κ3) is 2.86. The summed E-state index contributed by atoms with van der Waals surface area (Å²) in [5, 5.41) is 5.79. The molecule has 0 spiro atoms. The van der Waals surface area contributed by atoms with Gasteiger partial charge in [0.1, 0.15) is 0 Å². The Balaban J connectivity index is 2.23. The van der Waals surface area contributed by atoms with Crippen molar-refractivity contribution in [3.63, 3.8) is 0 Å². The molecule has 0 atom stereocenters. The molecule has 3 aromatic rings. The van der Waals surface area contributed by atoms with E-state index in [2.05, 4.69) is 11.0 Å². The fourth-order valence-electron chi connectivity index (χ4n) is 2.50. The monoisotopic (exact) mass is 340 g/mol. The van der Waals surface area contributed by atoms with Crippen LogP contribution in [-0.2, 0) is 0 Å². The lowest BCUT2D eigenvalue weighted by Gasteiger charge is -2.11. The van der Waals surface area contributed by atoms with Gasteiger partial charge in [-0.15, -0.1) is 6.42 Å². The van der Waals surface area contributed by atoms with Crippen LogP contribution < -0.4 is 0 Å². The molecule has 0 fully saturated rings. The maximum absolute atomic E-state index is 6.36. The molecule has 0 aliphatic heterocycles. The summed E-state index contributed by atoms with van der Waals surface area (Å²) in [6, 6.07) is 13.2. The van der Waals surface area contributed by atoms with Gasteiger partial charge in [0.25, 0.3) is 0 Å². The van der Waals surface area contributed by atoms with Gasteiger partial charge in [0, 0.05) is 16.1 Å². The zero-order valence-corrected chi connectivity index (χ0v) is 14.3. The van der Waals surface area contributed by atoms with Gasteiger partial charge in [-0.05, 0) is 49.7 Å². The number of benzene rings is 2.